The summed E-state index contributed by atoms with van der Waals surface area (Å²) in [5.41, 5.74) is 7.58. The topological polar surface area (TPSA) is 55.1 Å². The molecule has 0 radical (unpaired) electrons. The van der Waals surface area contributed by atoms with Gasteiger partial charge in [-0.25, -0.2) is 4.39 Å². The Morgan fingerprint density at radius 3 is 3.00 bits per heavy atom. The number of amides is 1. The Kier molecular flexibility index (Phi) is 3.44. The Morgan fingerprint density at radius 2 is 2.20 bits per heavy atom. The van der Waals surface area contributed by atoms with Gasteiger partial charge in [-0.15, -0.1) is 11.3 Å². The van der Waals surface area contributed by atoms with Crippen molar-refractivity contribution in [2.45, 2.75) is 25.8 Å². The number of nitrogen functional groups attached to an aromatic ring is 1. The minimum atomic E-state index is -0.459. The van der Waals surface area contributed by atoms with Crippen molar-refractivity contribution in [1.82, 2.24) is 5.32 Å². The van der Waals surface area contributed by atoms with Gasteiger partial charge in [0.1, 0.15) is 5.82 Å². The van der Waals surface area contributed by atoms with Gasteiger partial charge in [0, 0.05) is 15.4 Å². The molecule has 1 heterocycles. The summed E-state index contributed by atoms with van der Waals surface area (Å²) in [4.78, 5) is 14.6. The fourth-order valence-corrected chi connectivity index (χ4v) is 3.67. The van der Waals surface area contributed by atoms with Crippen molar-refractivity contribution in [3.8, 4) is 0 Å². The first-order valence-corrected chi connectivity index (χ1v) is 7.39. The van der Waals surface area contributed by atoms with E-state index in [1.807, 2.05) is 0 Å². The van der Waals surface area contributed by atoms with Crippen molar-refractivity contribution in [3.05, 3.63) is 51.0 Å². The summed E-state index contributed by atoms with van der Waals surface area (Å²) in [6.45, 7) is 0.465. The van der Waals surface area contributed by atoms with Crippen LogP contribution in [-0.4, -0.2) is 5.91 Å². The summed E-state index contributed by atoms with van der Waals surface area (Å²) in [6.07, 6.45) is 3.51. The first-order valence-electron chi connectivity index (χ1n) is 6.57. The van der Waals surface area contributed by atoms with Crippen LogP contribution in [0.5, 0.6) is 0 Å². The molecule has 0 aliphatic heterocycles. The third kappa shape index (κ3) is 2.54. The van der Waals surface area contributed by atoms with Crippen molar-refractivity contribution in [2.24, 2.45) is 0 Å². The number of hydrogen-bond donors (Lipinski definition) is 2. The lowest BCUT2D eigenvalue weighted by Crippen LogP contribution is -2.23. The van der Waals surface area contributed by atoms with Crippen LogP contribution in [0.15, 0.2) is 24.3 Å². The highest BCUT2D eigenvalue weighted by Gasteiger charge is 2.16. The maximum Gasteiger partial charge on any atom is 0.253 e. The largest absolute Gasteiger partial charge is 0.398 e. The molecule has 20 heavy (non-hydrogen) atoms. The van der Waals surface area contributed by atoms with Crippen molar-refractivity contribution >= 4 is 22.9 Å². The molecule has 0 bridgehead atoms. The molecule has 1 aromatic heterocycles. The molecule has 1 aromatic carbocycles. The SMILES string of the molecule is Nc1ccc(F)cc1C(=O)NCc1cc2c(s1)CCC2. The molecule has 3 N–H and O–H groups in total. The van der Waals surface area contributed by atoms with E-state index in [1.54, 1.807) is 11.3 Å². The zero-order chi connectivity index (χ0) is 14.1. The second kappa shape index (κ2) is 5.25. The second-order valence-corrected chi connectivity index (χ2v) is 6.15. The maximum atomic E-state index is 13.1. The van der Waals surface area contributed by atoms with Gasteiger partial charge >= 0.3 is 0 Å². The number of carbonyl (C=O) groups is 1. The van der Waals surface area contributed by atoms with Gasteiger partial charge in [-0.2, -0.15) is 0 Å². The van der Waals surface area contributed by atoms with E-state index in [1.165, 1.54) is 35.1 Å². The minimum absolute atomic E-state index is 0.189. The van der Waals surface area contributed by atoms with Gasteiger partial charge in [-0.1, -0.05) is 0 Å². The Labute approximate surface area is 120 Å². The number of rotatable bonds is 3. The molecule has 0 saturated carbocycles. The van der Waals surface area contributed by atoms with Gasteiger partial charge in [0.2, 0.25) is 0 Å². The molecular weight excluding hydrogens is 275 g/mol. The van der Waals surface area contributed by atoms with Gasteiger partial charge in [0.15, 0.2) is 0 Å². The molecule has 104 valence electrons. The summed E-state index contributed by atoms with van der Waals surface area (Å²) in [5.74, 6) is -0.796. The van der Waals surface area contributed by atoms with Gasteiger partial charge in [0.05, 0.1) is 12.1 Å². The van der Waals surface area contributed by atoms with E-state index in [0.29, 0.717) is 6.54 Å². The second-order valence-electron chi connectivity index (χ2n) is 4.93. The molecular formula is C15H15FN2OS. The number of aryl methyl sites for hydroxylation is 2. The number of nitrogens with one attached hydrogen (secondary N) is 1. The average molecular weight is 290 g/mol. The van der Waals surface area contributed by atoms with Crippen molar-refractivity contribution in [1.29, 1.82) is 0 Å². The van der Waals surface area contributed by atoms with Crippen LogP contribution in [0.25, 0.3) is 0 Å². The van der Waals surface area contributed by atoms with Crippen LogP contribution < -0.4 is 11.1 Å². The monoisotopic (exact) mass is 290 g/mol. The van der Waals surface area contributed by atoms with Gasteiger partial charge < -0.3 is 11.1 Å². The summed E-state index contributed by atoms with van der Waals surface area (Å²) in [6, 6.07) is 5.97. The number of carbonyl (C=O) groups excluding carboxylic acids is 1. The normalized spacial score (nSPS) is 13.2. The minimum Gasteiger partial charge on any atom is -0.398 e. The number of hydrogen-bond acceptors (Lipinski definition) is 3. The zero-order valence-electron chi connectivity index (χ0n) is 10.9. The Balaban J connectivity index is 1.68. The third-order valence-corrected chi connectivity index (χ3v) is 4.72. The van der Waals surface area contributed by atoms with Crippen molar-refractivity contribution < 1.29 is 9.18 Å². The van der Waals surface area contributed by atoms with Crippen LogP contribution in [0.2, 0.25) is 0 Å². The lowest BCUT2D eigenvalue weighted by molar-refractivity contribution is 0.0951. The predicted octanol–water partition coefficient (Wildman–Crippen LogP) is 2.89. The molecule has 0 spiro atoms. The summed E-state index contributed by atoms with van der Waals surface area (Å²) in [7, 11) is 0. The zero-order valence-corrected chi connectivity index (χ0v) is 11.7. The Hall–Kier alpha value is -1.88. The maximum absolute atomic E-state index is 13.1. The first kappa shape index (κ1) is 13.1. The summed E-state index contributed by atoms with van der Waals surface area (Å²) >= 11 is 1.75. The van der Waals surface area contributed by atoms with Gasteiger partial charge in [-0.3, -0.25) is 4.79 Å². The lowest BCUT2D eigenvalue weighted by atomic mass is 10.1. The predicted molar refractivity (Wildman–Crippen MR) is 78.3 cm³/mol. The molecule has 0 atom stereocenters. The highest BCUT2D eigenvalue weighted by atomic mass is 32.1. The number of benzene rings is 1. The van der Waals surface area contributed by atoms with Crippen molar-refractivity contribution in [2.75, 3.05) is 5.73 Å². The number of fused-ring (bicyclic) bond motifs is 1. The van der Waals surface area contributed by atoms with Crippen LogP contribution >= 0.6 is 11.3 Å². The van der Waals surface area contributed by atoms with E-state index >= 15 is 0 Å². The van der Waals surface area contributed by atoms with E-state index < -0.39 is 5.82 Å². The number of anilines is 1. The molecule has 2 aromatic rings. The Morgan fingerprint density at radius 1 is 1.35 bits per heavy atom. The van der Waals surface area contributed by atoms with Crippen LogP contribution in [0.4, 0.5) is 10.1 Å². The van der Waals surface area contributed by atoms with Gasteiger partial charge in [-0.05, 0) is 49.1 Å². The molecule has 3 nitrogen and oxygen atoms in total. The first-order chi connectivity index (χ1) is 9.63. The fraction of sp³-hybridized carbons (Fsp3) is 0.267. The number of thiophene rings is 1. The van der Waals surface area contributed by atoms with E-state index in [0.717, 1.165) is 17.7 Å². The van der Waals surface area contributed by atoms with Crippen molar-refractivity contribution in [3.63, 3.8) is 0 Å². The highest BCUT2D eigenvalue weighted by molar-refractivity contribution is 7.12. The number of halogens is 1. The Bertz CT molecular complexity index is 644. The molecule has 1 aliphatic carbocycles. The quantitative estimate of drug-likeness (QED) is 0.854. The van der Waals surface area contributed by atoms with E-state index in [-0.39, 0.29) is 17.2 Å². The molecule has 1 aliphatic rings. The van der Waals surface area contributed by atoms with Crippen LogP contribution in [0, 0.1) is 5.82 Å². The summed E-state index contributed by atoms with van der Waals surface area (Å²) in [5, 5.41) is 2.80. The van der Waals surface area contributed by atoms with E-state index in [9.17, 15) is 9.18 Å². The fourth-order valence-electron chi connectivity index (χ4n) is 2.47. The molecule has 1 amide bonds. The summed E-state index contributed by atoms with van der Waals surface area (Å²) < 4.78 is 13.1. The molecule has 0 saturated heterocycles. The van der Waals surface area contributed by atoms with E-state index in [2.05, 4.69) is 11.4 Å². The molecule has 5 heteroatoms. The molecule has 3 rings (SSSR count). The highest BCUT2D eigenvalue weighted by Crippen LogP contribution is 2.30. The standard InChI is InChI=1S/C15H15FN2OS/c16-10-4-5-13(17)12(7-10)15(19)18-8-11-6-9-2-1-3-14(9)20-11/h4-7H,1-3,8,17H2,(H,18,19). The van der Waals surface area contributed by atoms with Gasteiger partial charge in [0.25, 0.3) is 5.91 Å². The lowest BCUT2D eigenvalue weighted by Gasteiger charge is -2.06. The van der Waals surface area contributed by atoms with Crippen LogP contribution in [0.3, 0.4) is 0 Å². The third-order valence-electron chi connectivity index (χ3n) is 3.48. The van der Waals surface area contributed by atoms with E-state index in [4.69, 9.17) is 5.73 Å². The van der Waals surface area contributed by atoms with Crippen LogP contribution in [0.1, 0.15) is 32.1 Å². The number of nitrogens with two attached hydrogens (primary N) is 1. The average Bonchev–Trinajstić information content (AvgIpc) is 2.99. The molecule has 0 fully saturated rings. The molecule has 0 unspecified atom stereocenters. The van der Waals surface area contributed by atoms with Crippen LogP contribution in [-0.2, 0) is 19.4 Å². The smallest absolute Gasteiger partial charge is 0.253 e.